The first-order valence-corrected chi connectivity index (χ1v) is 7.93. The van der Waals surface area contributed by atoms with E-state index in [9.17, 15) is 4.39 Å². The molecule has 21 heavy (non-hydrogen) atoms. The first-order valence-electron chi connectivity index (χ1n) is 6.70. The molecule has 1 unspecified atom stereocenters. The zero-order valence-corrected chi connectivity index (χ0v) is 13.5. The number of rotatable bonds is 3. The highest BCUT2D eigenvalue weighted by molar-refractivity contribution is 9.10. The summed E-state index contributed by atoms with van der Waals surface area (Å²) >= 11 is 9.77. The van der Waals surface area contributed by atoms with E-state index in [2.05, 4.69) is 40.2 Å². The van der Waals surface area contributed by atoms with Gasteiger partial charge in [-0.05, 0) is 41.0 Å². The van der Waals surface area contributed by atoms with Crippen LogP contribution in [-0.4, -0.2) is 0 Å². The zero-order chi connectivity index (χ0) is 14.8. The fourth-order valence-corrected chi connectivity index (χ4v) is 3.16. The first-order chi connectivity index (χ1) is 10.1. The molecule has 0 saturated heterocycles. The van der Waals surface area contributed by atoms with Gasteiger partial charge in [0.15, 0.2) is 0 Å². The minimum absolute atomic E-state index is 0.265. The highest BCUT2D eigenvalue weighted by Crippen LogP contribution is 2.30. The van der Waals surface area contributed by atoms with Crippen LogP contribution in [0, 0.1) is 5.82 Å². The summed E-state index contributed by atoms with van der Waals surface area (Å²) in [7, 11) is 0. The highest BCUT2D eigenvalue weighted by Gasteiger charge is 2.14. The third kappa shape index (κ3) is 3.28. The molecule has 0 nitrogen and oxygen atoms in total. The van der Waals surface area contributed by atoms with Crippen LogP contribution in [0.3, 0.4) is 0 Å². The Morgan fingerprint density at radius 1 is 0.952 bits per heavy atom. The van der Waals surface area contributed by atoms with Gasteiger partial charge in [0.05, 0.1) is 5.38 Å². The van der Waals surface area contributed by atoms with E-state index in [4.69, 9.17) is 11.6 Å². The lowest BCUT2D eigenvalue weighted by molar-refractivity contribution is 0.605. The predicted molar refractivity (Wildman–Crippen MR) is 90.3 cm³/mol. The van der Waals surface area contributed by atoms with Crippen LogP contribution in [0.4, 0.5) is 4.39 Å². The molecule has 1 atom stereocenters. The molecule has 0 aliphatic carbocycles. The number of halogens is 3. The average Bonchev–Trinajstić information content (AvgIpc) is 2.49. The van der Waals surface area contributed by atoms with Crippen LogP contribution in [0.15, 0.2) is 65.1 Å². The normalized spacial score (nSPS) is 12.5. The summed E-state index contributed by atoms with van der Waals surface area (Å²) in [5, 5.41) is 1.98. The van der Waals surface area contributed by atoms with Gasteiger partial charge in [0, 0.05) is 10.0 Å². The molecule has 3 aromatic carbocycles. The van der Waals surface area contributed by atoms with Gasteiger partial charge in [-0.25, -0.2) is 4.39 Å². The third-order valence-electron chi connectivity index (χ3n) is 3.52. The lowest BCUT2D eigenvalue weighted by atomic mass is 10.0. The molecule has 0 aliphatic rings. The summed E-state index contributed by atoms with van der Waals surface area (Å²) in [5.41, 5.74) is 1.63. The van der Waals surface area contributed by atoms with E-state index in [0.29, 0.717) is 12.0 Å². The van der Waals surface area contributed by atoms with Crippen LogP contribution in [0.2, 0.25) is 0 Å². The van der Waals surface area contributed by atoms with Crippen molar-refractivity contribution in [2.24, 2.45) is 0 Å². The molecule has 0 radical (unpaired) electrons. The summed E-state index contributed by atoms with van der Waals surface area (Å²) in [6.07, 6.45) is 0.597. The lowest BCUT2D eigenvalue weighted by Gasteiger charge is -2.12. The van der Waals surface area contributed by atoms with Crippen molar-refractivity contribution in [3.8, 4) is 0 Å². The molecule has 0 saturated carbocycles. The standard InChI is InChI=1S/C18H13BrClF/c19-15-7-8-18(21)16(11-15)17(20)10-12-5-6-13-3-1-2-4-14(13)9-12/h1-9,11,17H,10H2. The van der Waals surface area contributed by atoms with E-state index in [1.165, 1.54) is 16.8 Å². The SMILES string of the molecule is Fc1ccc(Br)cc1C(Cl)Cc1ccc2ccccc2c1. The van der Waals surface area contributed by atoms with Crippen molar-refractivity contribution in [1.82, 2.24) is 0 Å². The van der Waals surface area contributed by atoms with Crippen molar-refractivity contribution in [3.63, 3.8) is 0 Å². The lowest BCUT2D eigenvalue weighted by Crippen LogP contribution is -1.99. The van der Waals surface area contributed by atoms with Gasteiger partial charge in [0.2, 0.25) is 0 Å². The zero-order valence-electron chi connectivity index (χ0n) is 11.2. The number of hydrogen-bond donors (Lipinski definition) is 0. The van der Waals surface area contributed by atoms with Crippen molar-refractivity contribution >= 4 is 38.3 Å². The molecule has 0 N–H and O–H groups in total. The van der Waals surface area contributed by atoms with Crippen molar-refractivity contribution in [2.45, 2.75) is 11.8 Å². The summed E-state index contributed by atoms with van der Waals surface area (Å²) in [4.78, 5) is 0. The molecule has 106 valence electrons. The third-order valence-corrected chi connectivity index (χ3v) is 4.41. The topological polar surface area (TPSA) is 0 Å². The van der Waals surface area contributed by atoms with Crippen LogP contribution in [0.5, 0.6) is 0 Å². The van der Waals surface area contributed by atoms with Crippen LogP contribution in [-0.2, 0) is 6.42 Å². The largest absolute Gasteiger partial charge is 0.207 e. The smallest absolute Gasteiger partial charge is 0.127 e. The second kappa shape index (κ2) is 6.17. The molecule has 0 heterocycles. The Balaban J connectivity index is 1.88. The molecule has 3 rings (SSSR count). The summed E-state index contributed by atoms with van der Waals surface area (Å²) < 4.78 is 14.7. The van der Waals surface area contributed by atoms with Gasteiger partial charge in [0.1, 0.15) is 5.82 Å². The van der Waals surface area contributed by atoms with Crippen molar-refractivity contribution < 1.29 is 4.39 Å². The monoisotopic (exact) mass is 362 g/mol. The van der Waals surface area contributed by atoms with E-state index in [-0.39, 0.29) is 11.2 Å². The van der Waals surface area contributed by atoms with Gasteiger partial charge >= 0.3 is 0 Å². The molecule has 0 bridgehead atoms. The molecular weight excluding hydrogens is 351 g/mol. The van der Waals surface area contributed by atoms with Crippen molar-refractivity contribution in [1.29, 1.82) is 0 Å². The van der Waals surface area contributed by atoms with Gasteiger partial charge in [0.25, 0.3) is 0 Å². The van der Waals surface area contributed by atoms with Crippen LogP contribution >= 0.6 is 27.5 Å². The Morgan fingerprint density at radius 3 is 2.52 bits per heavy atom. The van der Waals surface area contributed by atoms with Gasteiger partial charge in [-0.1, -0.05) is 58.4 Å². The average molecular weight is 364 g/mol. The molecule has 0 amide bonds. The van der Waals surface area contributed by atoms with Gasteiger partial charge in [-0.15, -0.1) is 11.6 Å². The van der Waals surface area contributed by atoms with Gasteiger partial charge < -0.3 is 0 Å². The summed E-state index contributed by atoms with van der Waals surface area (Å²) in [6.45, 7) is 0. The quantitative estimate of drug-likeness (QED) is 0.481. The van der Waals surface area contributed by atoms with Gasteiger partial charge in [-0.3, -0.25) is 0 Å². The number of fused-ring (bicyclic) bond motifs is 1. The molecule has 3 heteroatoms. The predicted octanol–water partition coefficient (Wildman–Crippen LogP) is 6.26. The fraction of sp³-hybridized carbons (Fsp3) is 0.111. The van der Waals surface area contributed by atoms with Gasteiger partial charge in [-0.2, -0.15) is 0 Å². The highest BCUT2D eigenvalue weighted by atomic mass is 79.9. The Morgan fingerprint density at radius 2 is 1.71 bits per heavy atom. The fourth-order valence-electron chi connectivity index (χ4n) is 2.44. The molecule has 3 aromatic rings. The molecule has 0 aromatic heterocycles. The Labute approximate surface area is 136 Å². The maximum atomic E-state index is 13.9. The van der Waals surface area contributed by atoms with E-state index in [1.807, 2.05) is 18.2 Å². The molecule has 0 aliphatic heterocycles. The minimum Gasteiger partial charge on any atom is -0.207 e. The second-order valence-electron chi connectivity index (χ2n) is 5.02. The van der Waals surface area contributed by atoms with Crippen LogP contribution in [0.25, 0.3) is 10.8 Å². The van der Waals surface area contributed by atoms with Crippen molar-refractivity contribution in [2.75, 3.05) is 0 Å². The first kappa shape index (κ1) is 14.6. The van der Waals surface area contributed by atoms with Crippen LogP contribution < -0.4 is 0 Å². The molecule has 0 spiro atoms. The Kier molecular flexibility index (Phi) is 4.27. The summed E-state index contributed by atoms with van der Waals surface area (Å²) in [6, 6.07) is 19.3. The van der Waals surface area contributed by atoms with E-state index < -0.39 is 0 Å². The second-order valence-corrected chi connectivity index (χ2v) is 6.46. The Hall–Kier alpha value is -1.38. The number of alkyl halides is 1. The van der Waals surface area contributed by atoms with Crippen LogP contribution in [0.1, 0.15) is 16.5 Å². The molecule has 0 fully saturated rings. The number of benzene rings is 3. The maximum Gasteiger partial charge on any atom is 0.127 e. The van der Waals surface area contributed by atoms with E-state index >= 15 is 0 Å². The van der Waals surface area contributed by atoms with E-state index in [0.717, 1.165) is 10.0 Å². The molecular formula is C18H13BrClF. The van der Waals surface area contributed by atoms with E-state index in [1.54, 1.807) is 12.1 Å². The minimum atomic E-state index is -0.385. The summed E-state index contributed by atoms with van der Waals surface area (Å²) in [5.74, 6) is -0.265. The maximum absolute atomic E-state index is 13.9. The van der Waals surface area contributed by atoms with Crippen molar-refractivity contribution in [3.05, 3.63) is 82.1 Å². The number of hydrogen-bond acceptors (Lipinski definition) is 0. The Bertz CT molecular complexity index is 785.